The van der Waals surface area contributed by atoms with Gasteiger partial charge in [0.2, 0.25) is 11.8 Å². The third kappa shape index (κ3) is 3.15. The van der Waals surface area contributed by atoms with Gasteiger partial charge in [-0.3, -0.25) is 34.2 Å². The average molecular weight is 424 g/mol. The van der Waals surface area contributed by atoms with Crippen LogP contribution in [0.25, 0.3) is 0 Å². The van der Waals surface area contributed by atoms with Crippen molar-refractivity contribution in [3.8, 4) is 0 Å². The lowest BCUT2D eigenvalue weighted by Crippen LogP contribution is -2.40. The number of hydrogen-bond acceptors (Lipinski definition) is 7. The average Bonchev–Trinajstić information content (AvgIpc) is 3.55. The number of likely N-dealkylation sites (tertiary alicyclic amines) is 1. The molecular weight excluding hydrogens is 404 g/mol. The van der Waals surface area contributed by atoms with Crippen LogP contribution < -0.4 is 0 Å². The Kier molecular flexibility index (Phi) is 4.49. The van der Waals surface area contributed by atoms with Gasteiger partial charge in [-0.15, -0.1) is 0 Å². The first kappa shape index (κ1) is 19.6. The fourth-order valence-electron chi connectivity index (χ4n) is 5.51. The van der Waals surface area contributed by atoms with Gasteiger partial charge in [-0.1, -0.05) is 12.2 Å². The van der Waals surface area contributed by atoms with Crippen LogP contribution in [0.2, 0.25) is 0 Å². The molecule has 0 aromatic heterocycles. The summed E-state index contributed by atoms with van der Waals surface area (Å²) >= 11 is 0. The van der Waals surface area contributed by atoms with E-state index in [0.717, 1.165) is 6.42 Å². The van der Waals surface area contributed by atoms with Gasteiger partial charge in [0, 0.05) is 24.2 Å². The fraction of sp³-hybridized carbons (Fsp3) is 0.455. The summed E-state index contributed by atoms with van der Waals surface area (Å²) < 4.78 is 4.98. The number of hydrogen-bond donors (Lipinski definition) is 0. The second-order valence-corrected chi connectivity index (χ2v) is 8.62. The smallest absolute Gasteiger partial charge is 0.308 e. The molecule has 0 unspecified atom stereocenters. The number of carbonyl (C=O) groups excluding carboxylic acids is 4. The number of benzene rings is 1. The van der Waals surface area contributed by atoms with Crippen molar-refractivity contribution in [1.82, 2.24) is 4.90 Å². The van der Waals surface area contributed by atoms with Gasteiger partial charge in [0.25, 0.3) is 5.69 Å². The van der Waals surface area contributed by atoms with Crippen LogP contribution in [0.3, 0.4) is 0 Å². The molecule has 2 bridgehead atoms. The van der Waals surface area contributed by atoms with Crippen molar-refractivity contribution in [1.29, 1.82) is 0 Å². The summed E-state index contributed by atoms with van der Waals surface area (Å²) in [7, 11) is 0. The van der Waals surface area contributed by atoms with E-state index in [0.29, 0.717) is 11.8 Å². The molecule has 31 heavy (non-hydrogen) atoms. The van der Waals surface area contributed by atoms with Crippen molar-refractivity contribution >= 4 is 29.3 Å². The van der Waals surface area contributed by atoms with Gasteiger partial charge in [0.05, 0.1) is 23.2 Å². The second-order valence-electron chi connectivity index (χ2n) is 8.62. The van der Waals surface area contributed by atoms with Gasteiger partial charge in [-0.25, -0.2) is 0 Å². The van der Waals surface area contributed by atoms with Crippen molar-refractivity contribution in [2.24, 2.45) is 35.5 Å². The molecule has 4 aliphatic carbocycles. The number of ether oxygens (including phenoxy) is 1. The molecule has 6 rings (SSSR count). The molecule has 1 saturated heterocycles. The van der Waals surface area contributed by atoms with Crippen LogP contribution in [0.5, 0.6) is 0 Å². The molecule has 1 aliphatic heterocycles. The normalized spacial score (nSPS) is 31.9. The van der Waals surface area contributed by atoms with E-state index in [1.54, 1.807) is 0 Å². The number of ketones is 1. The highest BCUT2D eigenvalue weighted by molar-refractivity contribution is 6.06. The van der Waals surface area contributed by atoms with Gasteiger partial charge in [-0.05, 0) is 42.2 Å². The Morgan fingerprint density at radius 3 is 2.16 bits per heavy atom. The summed E-state index contributed by atoms with van der Waals surface area (Å²) in [6.07, 6.45) is 5.09. The minimum atomic E-state index is -0.685. The van der Waals surface area contributed by atoms with E-state index in [9.17, 15) is 29.3 Å². The molecule has 0 radical (unpaired) electrons. The number of Topliss-reactive ketones (excluding diaryl/α,β-unsaturated/α-hetero) is 1. The van der Waals surface area contributed by atoms with Gasteiger partial charge < -0.3 is 4.74 Å². The quantitative estimate of drug-likeness (QED) is 0.163. The summed E-state index contributed by atoms with van der Waals surface area (Å²) in [4.78, 5) is 61.2. The number of carbonyl (C=O) groups is 4. The first-order valence-corrected chi connectivity index (χ1v) is 10.3. The summed E-state index contributed by atoms with van der Waals surface area (Å²) in [6.45, 7) is -0.564. The number of nitro groups is 1. The maximum Gasteiger partial charge on any atom is 0.308 e. The summed E-state index contributed by atoms with van der Waals surface area (Å²) in [6, 6.07) is 4.99. The zero-order valence-electron chi connectivity index (χ0n) is 16.5. The molecule has 0 spiro atoms. The first-order valence-electron chi connectivity index (χ1n) is 10.3. The molecule has 2 saturated carbocycles. The van der Waals surface area contributed by atoms with Crippen LogP contribution in [0, 0.1) is 45.6 Å². The minimum Gasteiger partial charge on any atom is -0.457 e. The zero-order chi connectivity index (χ0) is 21.9. The molecule has 1 heterocycles. The standard InChI is InChI=1S/C22H20N2O7/c25-17(11-1-3-12(4-2-11)24(29)30)10-31-18(26)7-8-23-21(27)19-13-5-6-14(16-9-15(13)16)20(19)22(23)28/h1-6,13-16,19-20H,7-10H2/t13-,14+,15-,16-,19+,20-/m1/s1. The fourth-order valence-corrected chi connectivity index (χ4v) is 5.51. The van der Waals surface area contributed by atoms with Crippen LogP contribution >= 0.6 is 0 Å². The lowest BCUT2D eigenvalue weighted by Gasteiger charge is -2.37. The van der Waals surface area contributed by atoms with Gasteiger partial charge in [-0.2, -0.15) is 0 Å². The Labute approximate surface area is 177 Å². The van der Waals surface area contributed by atoms with Crippen molar-refractivity contribution in [3.05, 3.63) is 52.1 Å². The predicted octanol–water partition coefficient (Wildman–Crippen LogP) is 1.76. The number of allylic oxidation sites excluding steroid dienone is 2. The third-order valence-electron chi connectivity index (χ3n) is 7.06. The van der Waals surface area contributed by atoms with Gasteiger partial charge >= 0.3 is 5.97 Å². The Hall–Kier alpha value is -3.36. The van der Waals surface area contributed by atoms with Crippen LogP contribution in [-0.2, 0) is 19.1 Å². The van der Waals surface area contributed by atoms with E-state index in [1.807, 2.05) is 0 Å². The molecule has 0 N–H and O–H groups in total. The summed E-state index contributed by atoms with van der Waals surface area (Å²) in [5.74, 6) is -0.882. The lowest BCUT2D eigenvalue weighted by atomic mass is 9.63. The number of amides is 2. The van der Waals surface area contributed by atoms with Crippen LogP contribution in [-0.4, -0.2) is 46.5 Å². The number of nitrogens with zero attached hydrogens (tertiary/aromatic N) is 2. The van der Waals surface area contributed by atoms with Crippen molar-refractivity contribution in [2.75, 3.05) is 13.2 Å². The van der Waals surface area contributed by atoms with E-state index in [1.165, 1.54) is 29.2 Å². The summed E-state index contributed by atoms with van der Waals surface area (Å²) in [5.41, 5.74) is 0.0453. The molecule has 160 valence electrons. The Morgan fingerprint density at radius 1 is 1.03 bits per heavy atom. The zero-order valence-corrected chi connectivity index (χ0v) is 16.5. The van der Waals surface area contributed by atoms with Crippen molar-refractivity contribution in [3.63, 3.8) is 0 Å². The van der Waals surface area contributed by atoms with Crippen LogP contribution in [0.4, 0.5) is 5.69 Å². The molecular formula is C22H20N2O7. The molecule has 1 aromatic rings. The van der Waals surface area contributed by atoms with E-state index in [2.05, 4.69) is 12.2 Å². The van der Waals surface area contributed by atoms with Gasteiger partial charge in [0.1, 0.15) is 0 Å². The van der Waals surface area contributed by atoms with Crippen LogP contribution in [0.1, 0.15) is 23.2 Å². The molecule has 3 fully saturated rings. The second kappa shape index (κ2) is 7.11. The maximum atomic E-state index is 12.9. The number of non-ortho nitro benzene ring substituents is 1. The van der Waals surface area contributed by atoms with Gasteiger partial charge in [0.15, 0.2) is 12.4 Å². The van der Waals surface area contributed by atoms with Crippen LogP contribution in [0.15, 0.2) is 36.4 Å². The number of esters is 1. The highest BCUT2D eigenvalue weighted by Gasteiger charge is 2.66. The predicted molar refractivity (Wildman–Crippen MR) is 104 cm³/mol. The molecule has 6 atom stereocenters. The first-order chi connectivity index (χ1) is 14.9. The van der Waals surface area contributed by atoms with E-state index >= 15 is 0 Å². The Morgan fingerprint density at radius 2 is 1.61 bits per heavy atom. The largest absolute Gasteiger partial charge is 0.457 e. The molecule has 9 nitrogen and oxygen atoms in total. The third-order valence-corrected chi connectivity index (χ3v) is 7.06. The lowest BCUT2D eigenvalue weighted by molar-refractivity contribution is -0.384. The van der Waals surface area contributed by atoms with E-state index in [4.69, 9.17) is 4.74 Å². The van der Waals surface area contributed by atoms with E-state index < -0.39 is 23.3 Å². The van der Waals surface area contributed by atoms with E-state index in [-0.39, 0.29) is 59.7 Å². The monoisotopic (exact) mass is 424 g/mol. The Bertz CT molecular complexity index is 995. The molecule has 9 heteroatoms. The van der Waals surface area contributed by atoms with Crippen molar-refractivity contribution < 1.29 is 28.8 Å². The van der Waals surface area contributed by atoms with Crippen molar-refractivity contribution in [2.45, 2.75) is 12.8 Å². The Balaban J connectivity index is 1.14. The number of imide groups is 1. The number of rotatable bonds is 7. The number of nitro benzene ring substituents is 1. The minimum absolute atomic E-state index is 0.0516. The topological polar surface area (TPSA) is 124 Å². The molecule has 5 aliphatic rings. The maximum absolute atomic E-state index is 12.9. The highest BCUT2D eigenvalue weighted by Crippen LogP contribution is 2.65. The SMILES string of the molecule is O=C(CCN1C(=O)[C@@H]2[C@H]3C=C[C@H]([C@H]4C[C@H]34)[C@@H]2C1=O)OCC(=O)c1ccc([N+](=O)[O-])cc1. The molecule has 1 aromatic carbocycles. The highest BCUT2D eigenvalue weighted by atomic mass is 16.6. The molecule has 2 amide bonds. The summed E-state index contributed by atoms with van der Waals surface area (Å²) in [5, 5.41) is 10.7.